The molecular formula is C30H34Cl2N2O3. The number of carbonyl (C=O) groups is 2. The summed E-state index contributed by atoms with van der Waals surface area (Å²) in [6.45, 7) is 8.37. The molecule has 0 saturated heterocycles. The number of halogens is 2. The maximum Gasteiger partial charge on any atom is 0.261 e. The molecule has 0 saturated carbocycles. The van der Waals surface area contributed by atoms with Crippen molar-refractivity contribution in [3.8, 4) is 5.75 Å². The van der Waals surface area contributed by atoms with Gasteiger partial charge >= 0.3 is 0 Å². The van der Waals surface area contributed by atoms with E-state index in [1.54, 1.807) is 29.2 Å². The van der Waals surface area contributed by atoms with Gasteiger partial charge in [-0.25, -0.2) is 0 Å². The van der Waals surface area contributed by atoms with Crippen molar-refractivity contribution in [3.63, 3.8) is 0 Å². The molecule has 0 unspecified atom stereocenters. The van der Waals surface area contributed by atoms with Gasteiger partial charge in [-0.15, -0.1) is 0 Å². The summed E-state index contributed by atoms with van der Waals surface area (Å²) in [5, 5.41) is 4.25. The molecule has 0 fully saturated rings. The number of hydrogen-bond acceptors (Lipinski definition) is 3. The van der Waals surface area contributed by atoms with Crippen LogP contribution in [0, 0.1) is 19.8 Å². The highest BCUT2D eigenvalue weighted by molar-refractivity contribution is 6.32. The number of hydrogen-bond donors (Lipinski definition) is 1. The lowest BCUT2D eigenvalue weighted by atomic mass is 10.0. The molecule has 0 heterocycles. The number of aryl methyl sites for hydroxylation is 2. The van der Waals surface area contributed by atoms with Crippen LogP contribution in [0.3, 0.4) is 0 Å². The number of nitrogens with one attached hydrogen (secondary N) is 1. The van der Waals surface area contributed by atoms with Gasteiger partial charge in [-0.1, -0.05) is 79.5 Å². The van der Waals surface area contributed by atoms with E-state index in [1.807, 2.05) is 70.2 Å². The maximum absolute atomic E-state index is 13.7. The summed E-state index contributed by atoms with van der Waals surface area (Å²) < 4.78 is 5.90. The highest BCUT2D eigenvalue weighted by atomic mass is 35.5. The molecule has 7 heteroatoms. The molecule has 0 spiro atoms. The third-order valence-corrected chi connectivity index (χ3v) is 6.80. The van der Waals surface area contributed by atoms with Gasteiger partial charge in [0.2, 0.25) is 5.91 Å². The summed E-state index contributed by atoms with van der Waals surface area (Å²) in [5.41, 5.74) is 3.53. The lowest BCUT2D eigenvalue weighted by Crippen LogP contribution is -2.52. The molecule has 0 aromatic heterocycles. The zero-order chi connectivity index (χ0) is 26.9. The molecule has 0 bridgehead atoms. The summed E-state index contributed by atoms with van der Waals surface area (Å²) >= 11 is 12.5. The van der Waals surface area contributed by atoms with Crippen molar-refractivity contribution in [2.75, 3.05) is 13.2 Å². The minimum atomic E-state index is -0.732. The SMILES string of the molecule is Cc1cc(OCC(=O)N(Cc2cccc(Cl)c2)[C@H](Cc2ccccc2)C(=O)NCC(C)C)cc(C)c1Cl. The van der Waals surface area contributed by atoms with Gasteiger partial charge in [0.15, 0.2) is 6.61 Å². The fraction of sp³-hybridized carbons (Fsp3) is 0.333. The minimum absolute atomic E-state index is 0.203. The van der Waals surface area contributed by atoms with Crippen molar-refractivity contribution in [1.29, 1.82) is 0 Å². The van der Waals surface area contributed by atoms with Crippen LogP contribution in [-0.2, 0) is 22.6 Å². The number of carbonyl (C=O) groups excluding carboxylic acids is 2. The van der Waals surface area contributed by atoms with Crippen molar-refractivity contribution in [3.05, 3.63) is 99.0 Å². The Balaban J connectivity index is 1.91. The Kier molecular flexibility index (Phi) is 10.4. The first-order chi connectivity index (χ1) is 17.6. The second kappa shape index (κ2) is 13.5. The Labute approximate surface area is 229 Å². The number of benzene rings is 3. The lowest BCUT2D eigenvalue weighted by Gasteiger charge is -2.31. The molecule has 37 heavy (non-hydrogen) atoms. The predicted molar refractivity (Wildman–Crippen MR) is 150 cm³/mol. The van der Waals surface area contributed by atoms with Gasteiger partial charge in [-0.05, 0) is 66.3 Å². The standard InChI is InChI=1S/C30H34Cl2N2O3/c1-20(2)17-33-30(36)27(16-23-9-6-5-7-10-23)34(18-24-11-8-12-25(31)15-24)28(35)19-37-26-13-21(3)29(32)22(4)14-26/h5-15,20,27H,16-19H2,1-4H3,(H,33,36)/t27-/m1/s1. The van der Waals surface area contributed by atoms with E-state index in [4.69, 9.17) is 27.9 Å². The summed E-state index contributed by atoms with van der Waals surface area (Å²) in [4.78, 5) is 28.7. The Bertz CT molecular complexity index is 1190. The number of ether oxygens (including phenoxy) is 1. The van der Waals surface area contributed by atoms with E-state index in [2.05, 4.69) is 5.32 Å². The van der Waals surface area contributed by atoms with Gasteiger partial charge in [-0.3, -0.25) is 9.59 Å². The van der Waals surface area contributed by atoms with Crippen LogP contribution in [0.5, 0.6) is 5.75 Å². The van der Waals surface area contributed by atoms with Crippen LogP contribution in [0.2, 0.25) is 10.0 Å². The van der Waals surface area contributed by atoms with Gasteiger partial charge < -0.3 is 15.0 Å². The summed E-state index contributed by atoms with van der Waals surface area (Å²) in [7, 11) is 0. The largest absolute Gasteiger partial charge is 0.484 e. The average Bonchev–Trinajstić information content (AvgIpc) is 2.87. The molecule has 0 radical (unpaired) electrons. The highest BCUT2D eigenvalue weighted by Crippen LogP contribution is 2.26. The fourth-order valence-corrected chi connectivity index (χ4v) is 4.35. The van der Waals surface area contributed by atoms with Gasteiger partial charge in [0.25, 0.3) is 5.91 Å². The quantitative estimate of drug-likeness (QED) is 0.306. The van der Waals surface area contributed by atoms with Crippen LogP contribution in [0.15, 0.2) is 66.7 Å². The van der Waals surface area contributed by atoms with E-state index in [-0.39, 0.29) is 30.9 Å². The van der Waals surface area contributed by atoms with E-state index in [1.165, 1.54) is 0 Å². The van der Waals surface area contributed by atoms with Crippen LogP contribution in [0.4, 0.5) is 0 Å². The molecule has 3 rings (SSSR count). The molecule has 196 valence electrons. The van der Waals surface area contributed by atoms with Crippen molar-refractivity contribution in [2.24, 2.45) is 5.92 Å². The normalized spacial score (nSPS) is 11.8. The van der Waals surface area contributed by atoms with Crippen molar-refractivity contribution >= 4 is 35.0 Å². The number of nitrogens with zero attached hydrogens (tertiary/aromatic N) is 1. The van der Waals surface area contributed by atoms with Crippen LogP contribution in [-0.4, -0.2) is 35.9 Å². The summed E-state index contributed by atoms with van der Waals surface area (Å²) in [6, 6.07) is 19.9. The fourth-order valence-electron chi connectivity index (χ4n) is 4.03. The third-order valence-electron chi connectivity index (χ3n) is 5.97. The Morgan fingerprint density at radius 1 is 0.919 bits per heavy atom. The van der Waals surface area contributed by atoms with Crippen LogP contribution in [0.25, 0.3) is 0 Å². The second-order valence-electron chi connectivity index (χ2n) is 9.66. The van der Waals surface area contributed by atoms with E-state index >= 15 is 0 Å². The van der Waals surface area contributed by atoms with Gasteiger partial charge in [0, 0.05) is 29.6 Å². The molecule has 0 aliphatic rings. The first-order valence-electron chi connectivity index (χ1n) is 12.4. The average molecular weight is 542 g/mol. The molecule has 5 nitrogen and oxygen atoms in total. The zero-order valence-electron chi connectivity index (χ0n) is 21.8. The highest BCUT2D eigenvalue weighted by Gasteiger charge is 2.31. The topological polar surface area (TPSA) is 58.6 Å². The van der Waals surface area contributed by atoms with E-state index < -0.39 is 6.04 Å². The predicted octanol–water partition coefficient (Wildman–Crippen LogP) is 6.40. The molecule has 1 N–H and O–H groups in total. The lowest BCUT2D eigenvalue weighted by molar-refractivity contribution is -0.142. The molecular weight excluding hydrogens is 507 g/mol. The molecule has 3 aromatic carbocycles. The molecule has 1 atom stereocenters. The smallest absolute Gasteiger partial charge is 0.261 e. The van der Waals surface area contributed by atoms with E-state index in [0.29, 0.717) is 28.8 Å². The molecule has 0 aliphatic carbocycles. The van der Waals surface area contributed by atoms with Crippen molar-refractivity contribution < 1.29 is 14.3 Å². The Hall–Kier alpha value is -3.02. The maximum atomic E-state index is 13.7. The van der Waals surface area contributed by atoms with Gasteiger partial charge in [0.1, 0.15) is 11.8 Å². The molecule has 2 amide bonds. The zero-order valence-corrected chi connectivity index (χ0v) is 23.3. The first kappa shape index (κ1) is 28.5. The Morgan fingerprint density at radius 3 is 2.19 bits per heavy atom. The van der Waals surface area contributed by atoms with Crippen molar-refractivity contribution in [2.45, 2.75) is 46.7 Å². The minimum Gasteiger partial charge on any atom is -0.484 e. The van der Waals surface area contributed by atoms with Crippen LogP contribution < -0.4 is 10.1 Å². The molecule has 3 aromatic rings. The number of rotatable bonds is 11. The number of amides is 2. The third kappa shape index (κ3) is 8.51. The van der Waals surface area contributed by atoms with E-state index in [9.17, 15) is 9.59 Å². The van der Waals surface area contributed by atoms with E-state index in [0.717, 1.165) is 22.3 Å². The van der Waals surface area contributed by atoms with Gasteiger partial charge in [-0.2, -0.15) is 0 Å². The van der Waals surface area contributed by atoms with Gasteiger partial charge in [0.05, 0.1) is 0 Å². The second-order valence-corrected chi connectivity index (χ2v) is 10.5. The van der Waals surface area contributed by atoms with Crippen LogP contribution >= 0.6 is 23.2 Å². The van der Waals surface area contributed by atoms with Crippen molar-refractivity contribution in [1.82, 2.24) is 10.2 Å². The molecule has 0 aliphatic heterocycles. The first-order valence-corrected chi connectivity index (χ1v) is 13.1. The monoisotopic (exact) mass is 540 g/mol. The Morgan fingerprint density at radius 2 is 1.57 bits per heavy atom. The van der Waals surface area contributed by atoms with Crippen LogP contribution in [0.1, 0.15) is 36.1 Å². The summed E-state index contributed by atoms with van der Waals surface area (Å²) in [6.07, 6.45) is 0.371. The summed E-state index contributed by atoms with van der Waals surface area (Å²) in [5.74, 6) is 0.328.